The molecular weight excluding hydrogens is 424 g/mol. The highest BCUT2D eigenvalue weighted by molar-refractivity contribution is 6.01. The number of rotatable bonds is 7. The molecular formula is C22H23F2N3O5. The number of halogens is 2. The van der Waals surface area contributed by atoms with E-state index in [2.05, 4.69) is 10.9 Å². The number of nitrogens with zero attached hydrogens (tertiary/aromatic N) is 1. The maximum Gasteiger partial charge on any atom is 0.269 e. The molecule has 1 aliphatic rings. The highest BCUT2D eigenvalue weighted by Gasteiger charge is 2.35. The first-order chi connectivity index (χ1) is 15.3. The van der Waals surface area contributed by atoms with E-state index in [1.807, 2.05) is 6.92 Å². The predicted octanol–water partition coefficient (Wildman–Crippen LogP) is 2.58. The molecule has 1 heterocycles. The number of amides is 3. The molecule has 2 N–H and O–H groups in total. The molecule has 32 heavy (non-hydrogen) atoms. The Hall–Kier alpha value is -3.69. The Kier molecular flexibility index (Phi) is 7.24. The van der Waals surface area contributed by atoms with Crippen molar-refractivity contribution >= 4 is 23.4 Å². The van der Waals surface area contributed by atoms with Crippen molar-refractivity contribution in [2.45, 2.75) is 19.8 Å². The minimum absolute atomic E-state index is 0.0318. The largest absolute Gasteiger partial charge is 0.493 e. The standard InChI is InChI=1S/C22H23F2N3O5/c1-3-6-32-18-5-4-13(7-19(18)31-2)21(29)25-26-22(30)14-8-20(28)27(12-14)17-10-15(23)9-16(24)11-17/h4-5,7,9-11,14H,3,6,8,12H2,1-2H3,(H,25,29)(H,26,30). The number of ether oxygens (including phenoxy) is 2. The van der Waals surface area contributed by atoms with Crippen LogP contribution in [0.5, 0.6) is 11.5 Å². The fourth-order valence-corrected chi connectivity index (χ4v) is 3.26. The van der Waals surface area contributed by atoms with E-state index in [1.165, 1.54) is 19.2 Å². The molecule has 1 saturated heterocycles. The molecule has 0 spiro atoms. The van der Waals surface area contributed by atoms with Crippen LogP contribution in [0.15, 0.2) is 36.4 Å². The lowest BCUT2D eigenvalue weighted by Crippen LogP contribution is -2.45. The summed E-state index contributed by atoms with van der Waals surface area (Å²) in [6.07, 6.45) is 0.657. The summed E-state index contributed by atoms with van der Waals surface area (Å²) in [7, 11) is 1.45. The minimum Gasteiger partial charge on any atom is -0.493 e. The van der Waals surface area contributed by atoms with Crippen molar-refractivity contribution in [1.82, 2.24) is 10.9 Å². The van der Waals surface area contributed by atoms with Gasteiger partial charge in [-0.05, 0) is 36.8 Å². The predicted molar refractivity (Wildman–Crippen MR) is 111 cm³/mol. The zero-order valence-electron chi connectivity index (χ0n) is 17.6. The third-order valence-corrected chi connectivity index (χ3v) is 4.84. The van der Waals surface area contributed by atoms with Gasteiger partial charge in [0.2, 0.25) is 11.8 Å². The average molecular weight is 447 g/mol. The summed E-state index contributed by atoms with van der Waals surface area (Å²) in [5.74, 6) is -3.22. The van der Waals surface area contributed by atoms with Gasteiger partial charge in [0, 0.05) is 30.3 Å². The van der Waals surface area contributed by atoms with Crippen LogP contribution in [0.25, 0.3) is 0 Å². The summed E-state index contributed by atoms with van der Waals surface area (Å²) in [4.78, 5) is 38.2. The van der Waals surface area contributed by atoms with Crippen LogP contribution >= 0.6 is 0 Å². The molecule has 0 saturated carbocycles. The molecule has 3 rings (SSSR count). The highest BCUT2D eigenvalue weighted by Crippen LogP contribution is 2.28. The van der Waals surface area contributed by atoms with Crippen molar-refractivity contribution in [3.05, 3.63) is 53.6 Å². The molecule has 0 bridgehead atoms. The molecule has 1 atom stereocenters. The molecule has 0 aliphatic carbocycles. The van der Waals surface area contributed by atoms with Crippen LogP contribution in [0.2, 0.25) is 0 Å². The van der Waals surface area contributed by atoms with Gasteiger partial charge in [-0.3, -0.25) is 25.2 Å². The number of methoxy groups -OCH3 is 1. The second-order valence-corrected chi connectivity index (χ2v) is 7.19. The van der Waals surface area contributed by atoms with Gasteiger partial charge < -0.3 is 14.4 Å². The SMILES string of the molecule is CCCOc1ccc(C(=O)NNC(=O)C2CC(=O)N(c3cc(F)cc(F)c3)C2)cc1OC. The number of carbonyl (C=O) groups is 3. The van der Waals surface area contributed by atoms with E-state index in [1.54, 1.807) is 6.07 Å². The van der Waals surface area contributed by atoms with Crippen LogP contribution in [-0.2, 0) is 9.59 Å². The highest BCUT2D eigenvalue weighted by atomic mass is 19.1. The number of benzene rings is 2. The molecule has 3 amide bonds. The van der Waals surface area contributed by atoms with Gasteiger partial charge >= 0.3 is 0 Å². The number of hydrazine groups is 1. The third kappa shape index (κ3) is 5.32. The van der Waals surface area contributed by atoms with Gasteiger partial charge in [0.15, 0.2) is 11.5 Å². The fraction of sp³-hybridized carbons (Fsp3) is 0.318. The van der Waals surface area contributed by atoms with Crippen molar-refractivity contribution in [3.8, 4) is 11.5 Å². The lowest BCUT2D eigenvalue weighted by molar-refractivity contribution is -0.126. The van der Waals surface area contributed by atoms with Gasteiger partial charge in [-0.1, -0.05) is 6.92 Å². The summed E-state index contributed by atoms with van der Waals surface area (Å²) in [5.41, 5.74) is 4.84. The zero-order chi connectivity index (χ0) is 23.3. The van der Waals surface area contributed by atoms with Crippen molar-refractivity contribution in [2.24, 2.45) is 5.92 Å². The summed E-state index contributed by atoms with van der Waals surface area (Å²) in [6, 6.07) is 7.33. The maximum absolute atomic E-state index is 13.5. The molecule has 1 aliphatic heterocycles. The second-order valence-electron chi connectivity index (χ2n) is 7.19. The van der Waals surface area contributed by atoms with E-state index in [0.29, 0.717) is 24.2 Å². The zero-order valence-corrected chi connectivity index (χ0v) is 17.6. The lowest BCUT2D eigenvalue weighted by Gasteiger charge is -2.17. The summed E-state index contributed by atoms with van der Waals surface area (Å²) in [5, 5.41) is 0. The Morgan fingerprint density at radius 2 is 1.81 bits per heavy atom. The first kappa shape index (κ1) is 23.0. The van der Waals surface area contributed by atoms with Gasteiger partial charge in [-0.25, -0.2) is 8.78 Å². The Morgan fingerprint density at radius 3 is 2.47 bits per heavy atom. The molecule has 2 aromatic rings. The van der Waals surface area contributed by atoms with Gasteiger partial charge in [-0.2, -0.15) is 0 Å². The monoisotopic (exact) mass is 447 g/mol. The topological polar surface area (TPSA) is 97.0 Å². The van der Waals surface area contributed by atoms with Crippen molar-refractivity contribution in [3.63, 3.8) is 0 Å². The molecule has 1 unspecified atom stereocenters. The van der Waals surface area contributed by atoms with Crippen molar-refractivity contribution < 1.29 is 32.6 Å². The maximum atomic E-state index is 13.5. The van der Waals surface area contributed by atoms with Gasteiger partial charge in [0.1, 0.15) is 11.6 Å². The van der Waals surface area contributed by atoms with Crippen LogP contribution in [0, 0.1) is 17.6 Å². The van der Waals surface area contributed by atoms with E-state index in [9.17, 15) is 23.2 Å². The molecule has 10 heteroatoms. The molecule has 0 aromatic heterocycles. The van der Waals surface area contributed by atoms with E-state index in [-0.39, 0.29) is 24.2 Å². The quantitative estimate of drug-likeness (QED) is 0.636. The van der Waals surface area contributed by atoms with E-state index in [0.717, 1.165) is 23.5 Å². The van der Waals surface area contributed by atoms with Crippen LogP contribution in [0.1, 0.15) is 30.1 Å². The Balaban J connectivity index is 1.59. The van der Waals surface area contributed by atoms with E-state index in [4.69, 9.17) is 9.47 Å². The van der Waals surface area contributed by atoms with Crippen LogP contribution in [-0.4, -0.2) is 38.0 Å². The molecule has 2 aromatic carbocycles. The van der Waals surface area contributed by atoms with Gasteiger partial charge in [-0.15, -0.1) is 0 Å². The Morgan fingerprint density at radius 1 is 1.09 bits per heavy atom. The van der Waals surface area contributed by atoms with Crippen LogP contribution in [0.4, 0.5) is 14.5 Å². The number of nitrogens with one attached hydrogen (secondary N) is 2. The number of anilines is 1. The first-order valence-electron chi connectivity index (χ1n) is 9.99. The Bertz CT molecular complexity index is 1010. The van der Waals surface area contributed by atoms with Crippen molar-refractivity contribution in [2.75, 3.05) is 25.2 Å². The first-order valence-corrected chi connectivity index (χ1v) is 9.99. The molecule has 1 fully saturated rings. The third-order valence-electron chi connectivity index (χ3n) is 4.84. The van der Waals surface area contributed by atoms with E-state index < -0.39 is 35.3 Å². The molecule has 0 radical (unpaired) electrons. The van der Waals surface area contributed by atoms with Crippen LogP contribution in [0.3, 0.4) is 0 Å². The summed E-state index contributed by atoms with van der Waals surface area (Å²) < 4.78 is 37.7. The normalized spacial score (nSPS) is 15.4. The lowest BCUT2D eigenvalue weighted by atomic mass is 10.1. The Labute approximate surface area is 183 Å². The molecule has 170 valence electrons. The van der Waals surface area contributed by atoms with E-state index >= 15 is 0 Å². The minimum atomic E-state index is -0.825. The summed E-state index contributed by atoms with van der Waals surface area (Å²) in [6.45, 7) is 2.39. The van der Waals surface area contributed by atoms with Gasteiger partial charge in [0.25, 0.3) is 5.91 Å². The smallest absolute Gasteiger partial charge is 0.269 e. The summed E-state index contributed by atoms with van der Waals surface area (Å²) >= 11 is 0. The number of carbonyl (C=O) groups excluding carboxylic acids is 3. The van der Waals surface area contributed by atoms with Crippen LogP contribution < -0.4 is 25.2 Å². The molecule has 8 nitrogen and oxygen atoms in total. The average Bonchev–Trinajstić information content (AvgIpc) is 3.16. The van der Waals surface area contributed by atoms with Gasteiger partial charge in [0.05, 0.1) is 19.6 Å². The fourth-order valence-electron chi connectivity index (χ4n) is 3.26. The second kappa shape index (κ2) is 10.1. The number of hydrogen-bond donors (Lipinski definition) is 2. The van der Waals surface area contributed by atoms with Crippen molar-refractivity contribution in [1.29, 1.82) is 0 Å². The number of hydrogen-bond acceptors (Lipinski definition) is 5.